The van der Waals surface area contributed by atoms with Crippen molar-refractivity contribution in [1.82, 2.24) is 0 Å². The fourth-order valence-electron chi connectivity index (χ4n) is 2.88. The molecule has 0 aliphatic heterocycles. The van der Waals surface area contributed by atoms with Gasteiger partial charge in [-0.05, 0) is 50.6 Å². The lowest BCUT2D eigenvalue weighted by atomic mass is 9.82. The van der Waals surface area contributed by atoms with Gasteiger partial charge in [0.2, 0.25) is 5.78 Å². The SMILES string of the molecule is CC(C)=CCOc1cc(C)cc2c1C(=O)c1c(O)cc(O)cc1C2=O. The van der Waals surface area contributed by atoms with E-state index < -0.39 is 17.3 Å². The molecule has 1 aliphatic carbocycles. The maximum atomic E-state index is 12.9. The number of aromatic hydroxyl groups is 2. The van der Waals surface area contributed by atoms with Crippen LogP contribution in [0.25, 0.3) is 0 Å². The first-order chi connectivity index (χ1) is 11.8. The Kier molecular flexibility index (Phi) is 4.08. The third-order valence-corrected chi connectivity index (χ3v) is 4.02. The molecule has 5 nitrogen and oxygen atoms in total. The number of fused-ring (bicyclic) bond motifs is 2. The molecule has 0 unspecified atom stereocenters. The molecular formula is C20H18O5. The third kappa shape index (κ3) is 2.89. The van der Waals surface area contributed by atoms with E-state index in [-0.39, 0.29) is 34.6 Å². The number of hydrogen-bond donors (Lipinski definition) is 2. The molecule has 0 spiro atoms. The van der Waals surface area contributed by atoms with Gasteiger partial charge >= 0.3 is 0 Å². The van der Waals surface area contributed by atoms with E-state index in [1.54, 1.807) is 19.1 Å². The number of carbonyl (C=O) groups excluding carboxylic acids is 2. The van der Waals surface area contributed by atoms with Crippen LogP contribution in [0.4, 0.5) is 0 Å². The molecule has 0 bridgehead atoms. The van der Waals surface area contributed by atoms with Gasteiger partial charge in [-0.25, -0.2) is 0 Å². The lowest BCUT2D eigenvalue weighted by Gasteiger charge is -2.21. The van der Waals surface area contributed by atoms with Gasteiger partial charge in [-0.2, -0.15) is 0 Å². The molecule has 0 saturated heterocycles. The van der Waals surface area contributed by atoms with Crippen molar-refractivity contribution < 1.29 is 24.5 Å². The van der Waals surface area contributed by atoms with Crippen LogP contribution >= 0.6 is 0 Å². The second-order valence-electron chi connectivity index (χ2n) is 6.32. The zero-order chi connectivity index (χ0) is 18.3. The quantitative estimate of drug-likeness (QED) is 0.714. The van der Waals surface area contributed by atoms with Crippen molar-refractivity contribution in [2.45, 2.75) is 20.8 Å². The van der Waals surface area contributed by atoms with E-state index in [0.717, 1.165) is 17.2 Å². The van der Waals surface area contributed by atoms with E-state index in [1.165, 1.54) is 6.07 Å². The summed E-state index contributed by atoms with van der Waals surface area (Å²) >= 11 is 0. The second-order valence-corrected chi connectivity index (χ2v) is 6.32. The lowest BCUT2D eigenvalue weighted by molar-refractivity contribution is 0.0973. The largest absolute Gasteiger partial charge is 0.508 e. The fourth-order valence-corrected chi connectivity index (χ4v) is 2.88. The van der Waals surface area contributed by atoms with Gasteiger partial charge in [-0.15, -0.1) is 0 Å². The fraction of sp³-hybridized carbons (Fsp3) is 0.200. The summed E-state index contributed by atoms with van der Waals surface area (Å²) in [6, 6.07) is 5.57. The van der Waals surface area contributed by atoms with E-state index in [2.05, 4.69) is 0 Å². The van der Waals surface area contributed by atoms with Gasteiger partial charge in [0.05, 0.1) is 11.1 Å². The van der Waals surface area contributed by atoms with Gasteiger partial charge in [0, 0.05) is 17.2 Å². The molecule has 1 aliphatic rings. The standard InChI is InChI=1S/C20H18O5/c1-10(2)4-5-25-16-7-11(3)6-13-18(16)20(24)17-14(19(13)23)8-12(21)9-15(17)22/h4,6-9,21-22H,5H2,1-3H3. The Morgan fingerprint density at radius 1 is 1.00 bits per heavy atom. The van der Waals surface area contributed by atoms with Gasteiger partial charge < -0.3 is 14.9 Å². The van der Waals surface area contributed by atoms with Crippen molar-refractivity contribution >= 4 is 11.6 Å². The topological polar surface area (TPSA) is 83.8 Å². The zero-order valence-electron chi connectivity index (χ0n) is 14.2. The van der Waals surface area contributed by atoms with Crippen LogP contribution in [-0.4, -0.2) is 28.4 Å². The number of phenolic OH excluding ortho intramolecular Hbond substituents is 2. The van der Waals surface area contributed by atoms with Crippen LogP contribution < -0.4 is 4.74 Å². The van der Waals surface area contributed by atoms with E-state index >= 15 is 0 Å². The Balaban J connectivity index is 2.18. The molecule has 0 radical (unpaired) electrons. The molecule has 0 heterocycles. The number of phenols is 2. The minimum atomic E-state index is -0.491. The van der Waals surface area contributed by atoms with Crippen molar-refractivity contribution in [1.29, 1.82) is 0 Å². The highest BCUT2D eigenvalue weighted by atomic mass is 16.5. The van der Waals surface area contributed by atoms with Crippen molar-refractivity contribution in [2.75, 3.05) is 6.61 Å². The number of carbonyl (C=O) groups is 2. The molecule has 0 amide bonds. The van der Waals surface area contributed by atoms with Crippen LogP contribution in [0.2, 0.25) is 0 Å². The molecule has 25 heavy (non-hydrogen) atoms. The number of ether oxygens (including phenoxy) is 1. The normalized spacial score (nSPS) is 12.4. The molecule has 0 aromatic heterocycles. The number of allylic oxidation sites excluding steroid dienone is 1. The summed E-state index contributed by atoms with van der Waals surface area (Å²) in [6.45, 7) is 5.95. The average molecular weight is 338 g/mol. The number of ketones is 2. The Bertz CT molecular complexity index is 934. The summed E-state index contributed by atoms with van der Waals surface area (Å²) in [5.74, 6) is -1.30. The molecular weight excluding hydrogens is 320 g/mol. The van der Waals surface area contributed by atoms with Crippen LogP contribution in [0.1, 0.15) is 51.3 Å². The van der Waals surface area contributed by atoms with Crippen LogP contribution in [0, 0.1) is 6.92 Å². The molecule has 5 heteroatoms. The van der Waals surface area contributed by atoms with Crippen molar-refractivity contribution in [3.05, 3.63) is 63.7 Å². The van der Waals surface area contributed by atoms with E-state index in [9.17, 15) is 19.8 Å². The minimum Gasteiger partial charge on any atom is -0.508 e. The summed E-state index contributed by atoms with van der Waals surface area (Å²) in [6.07, 6.45) is 1.87. The molecule has 0 fully saturated rings. The van der Waals surface area contributed by atoms with Crippen molar-refractivity contribution in [2.24, 2.45) is 0 Å². The van der Waals surface area contributed by atoms with Crippen molar-refractivity contribution in [3.8, 4) is 17.2 Å². The summed E-state index contributed by atoms with van der Waals surface area (Å²) in [4.78, 5) is 25.7. The summed E-state index contributed by atoms with van der Waals surface area (Å²) in [5, 5.41) is 19.7. The van der Waals surface area contributed by atoms with Gasteiger partial charge in [-0.1, -0.05) is 5.57 Å². The van der Waals surface area contributed by atoms with Gasteiger partial charge in [0.1, 0.15) is 23.9 Å². The Morgan fingerprint density at radius 2 is 1.68 bits per heavy atom. The predicted molar refractivity (Wildman–Crippen MR) is 92.7 cm³/mol. The molecule has 2 N–H and O–H groups in total. The second kappa shape index (κ2) is 6.09. The van der Waals surface area contributed by atoms with E-state index in [1.807, 2.05) is 19.9 Å². The molecule has 2 aromatic rings. The molecule has 2 aromatic carbocycles. The van der Waals surface area contributed by atoms with Crippen LogP contribution in [0.5, 0.6) is 17.2 Å². The van der Waals surface area contributed by atoms with E-state index in [0.29, 0.717) is 5.75 Å². The number of hydrogen-bond acceptors (Lipinski definition) is 5. The highest BCUT2D eigenvalue weighted by Gasteiger charge is 2.35. The molecule has 0 saturated carbocycles. The van der Waals surface area contributed by atoms with Gasteiger partial charge in [0.25, 0.3) is 0 Å². The maximum absolute atomic E-state index is 12.9. The van der Waals surface area contributed by atoms with Gasteiger partial charge in [-0.3, -0.25) is 9.59 Å². The van der Waals surface area contributed by atoms with Crippen LogP contribution in [-0.2, 0) is 0 Å². The van der Waals surface area contributed by atoms with Gasteiger partial charge in [0.15, 0.2) is 5.78 Å². The average Bonchev–Trinajstić information content (AvgIpc) is 2.51. The van der Waals surface area contributed by atoms with E-state index in [4.69, 9.17) is 4.74 Å². The maximum Gasteiger partial charge on any atom is 0.201 e. The molecule has 3 rings (SSSR count). The predicted octanol–water partition coefficient (Wildman–Crippen LogP) is 3.53. The monoisotopic (exact) mass is 338 g/mol. The Morgan fingerprint density at radius 3 is 2.36 bits per heavy atom. The highest BCUT2D eigenvalue weighted by Crippen LogP contribution is 2.39. The number of rotatable bonds is 3. The first kappa shape index (κ1) is 16.8. The number of benzene rings is 2. The summed E-state index contributed by atoms with van der Waals surface area (Å²) in [5.41, 5.74) is 2.10. The summed E-state index contributed by atoms with van der Waals surface area (Å²) in [7, 11) is 0. The van der Waals surface area contributed by atoms with Crippen LogP contribution in [0.3, 0.4) is 0 Å². The lowest BCUT2D eigenvalue weighted by Crippen LogP contribution is -2.22. The Labute approximate surface area is 145 Å². The van der Waals surface area contributed by atoms with Crippen LogP contribution in [0.15, 0.2) is 35.9 Å². The first-order valence-electron chi connectivity index (χ1n) is 7.85. The highest BCUT2D eigenvalue weighted by molar-refractivity contribution is 6.30. The zero-order valence-corrected chi connectivity index (χ0v) is 14.2. The smallest absolute Gasteiger partial charge is 0.201 e. The number of aryl methyl sites for hydroxylation is 1. The van der Waals surface area contributed by atoms with Crippen molar-refractivity contribution in [3.63, 3.8) is 0 Å². The minimum absolute atomic E-state index is 0.00384. The Hall–Kier alpha value is -3.08. The molecule has 128 valence electrons. The molecule has 0 atom stereocenters. The summed E-state index contributed by atoms with van der Waals surface area (Å²) < 4.78 is 5.71. The first-order valence-corrected chi connectivity index (χ1v) is 7.85. The third-order valence-electron chi connectivity index (χ3n) is 4.02.